The molecule has 21 heavy (non-hydrogen) atoms. The zero-order valence-corrected chi connectivity index (χ0v) is 13.9. The van der Waals surface area contributed by atoms with Gasteiger partial charge in [-0.15, -0.1) is 0 Å². The molecule has 0 saturated carbocycles. The first-order chi connectivity index (χ1) is 9.61. The number of hydrogen-bond acceptors (Lipinski definition) is 5. The lowest BCUT2D eigenvalue weighted by Crippen LogP contribution is -2.34. The Hall–Kier alpha value is -1.30. The van der Waals surface area contributed by atoms with E-state index in [2.05, 4.69) is 5.32 Å². The van der Waals surface area contributed by atoms with Crippen LogP contribution in [0.1, 0.15) is 53.9 Å². The quantitative estimate of drug-likeness (QED) is 0.530. The van der Waals surface area contributed by atoms with Gasteiger partial charge >= 0.3 is 12.1 Å². The van der Waals surface area contributed by atoms with Crippen LogP contribution in [0.2, 0.25) is 0 Å². The van der Waals surface area contributed by atoms with Crippen molar-refractivity contribution >= 4 is 12.1 Å². The molecule has 0 aromatic rings. The fourth-order valence-electron chi connectivity index (χ4n) is 1.47. The van der Waals surface area contributed by atoms with Crippen molar-refractivity contribution in [3.63, 3.8) is 0 Å². The Balaban J connectivity index is 3.66. The van der Waals surface area contributed by atoms with Gasteiger partial charge in [-0.25, -0.2) is 4.79 Å². The van der Waals surface area contributed by atoms with Crippen LogP contribution in [-0.2, 0) is 14.3 Å². The minimum Gasteiger partial charge on any atom is -0.464 e. The predicted octanol–water partition coefficient (Wildman–Crippen LogP) is 2.21. The summed E-state index contributed by atoms with van der Waals surface area (Å²) >= 11 is 0. The molecule has 1 atom stereocenters. The summed E-state index contributed by atoms with van der Waals surface area (Å²) in [4.78, 5) is 22.9. The number of amides is 1. The molecular formula is C15H30N2O4. The Morgan fingerprint density at radius 2 is 1.81 bits per heavy atom. The van der Waals surface area contributed by atoms with Gasteiger partial charge in [-0.3, -0.25) is 4.79 Å². The highest BCUT2D eigenvalue weighted by Gasteiger charge is 2.16. The number of alkyl carbamates (subject to hydrolysis) is 1. The van der Waals surface area contributed by atoms with Gasteiger partial charge < -0.3 is 20.5 Å². The highest BCUT2D eigenvalue weighted by Crippen LogP contribution is 2.06. The standard InChI is InChI=1S/C15H30N2O4/c1-11(2)10-20-13(18)12(16)8-6-7-9-17-14(19)21-15(3,4)5/h11-12H,6-10,16H2,1-5H3,(H,17,19)/t12-/m0/s1. The van der Waals surface area contributed by atoms with Crippen LogP contribution >= 0.6 is 0 Å². The number of esters is 1. The lowest BCUT2D eigenvalue weighted by atomic mass is 10.1. The summed E-state index contributed by atoms with van der Waals surface area (Å²) in [7, 11) is 0. The summed E-state index contributed by atoms with van der Waals surface area (Å²) in [5.41, 5.74) is 5.25. The van der Waals surface area contributed by atoms with E-state index in [0.29, 0.717) is 25.5 Å². The highest BCUT2D eigenvalue weighted by molar-refractivity contribution is 5.75. The second-order valence-corrected chi connectivity index (χ2v) is 6.55. The second kappa shape index (κ2) is 9.60. The molecule has 0 aliphatic heterocycles. The Bertz CT molecular complexity index is 324. The van der Waals surface area contributed by atoms with Crippen LogP contribution in [0.5, 0.6) is 0 Å². The van der Waals surface area contributed by atoms with Gasteiger partial charge in [0.15, 0.2) is 0 Å². The summed E-state index contributed by atoms with van der Waals surface area (Å²) in [5, 5.41) is 2.66. The van der Waals surface area contributed by atoms with Crippen molar-refractivity contribution in [3.8, 4) is 0 Å². The van der Waals surface area contributed by atoms with Crippen molar-refractivity contribution in [2.75, 3.05) is 13.2 Å². The molecule has 0 radical (unpaired) electrons. The number of carbonyl (C=O) groups is 2. The molecule has 1 amide bonds. The van der Waals surface area contributed by atoms with Gasteiger partial charge in [0.25, 0.3) is 0 Å². The number of unbranched alkanes of at least 4 members (excludes halogenated alkanes) is 1. The van der Waals surface area contributed by atoms with Crippen molar-refractivity contribution in [1.29, 1.82) is 0 Å². The van der Waals surface area contributed by atoms with Crippen LogP contribution in [0.15, 0.2) is 0 Å². The van der Waals surface area contributed by atoms with E-state index in [1.54, 1.807) is 0 Å². The summed E-state index contributed by atoms with van der Waals surface area (Å²) in [6.07, 6.45) is 1.61. The van der Waals surface area contributed by atoms with E-state index in [1.807, 2.05) is 34.6 Å². The monoisotopic (exact) mass is 302 g/mol. The highest BCUT2D eigenvalue weighted by atomic mass is 16.6. The molecule has 0 fully saturated rings. The largest absolute Gasteiger partial charge is 0.464 e. The van der Waals surface area contributed by atoms with Crippen LogP contribution in [0, 0.1) is 5.92 Å². The summed E-state index contributed by atoms with van der Waals surface area (Å²) in [6.45, 7) is 10.3. The second-order valence-electron chi connectivity index (χ2n) is 6.55. The average Bonchev–Trinajstić information content (AvgIpc) is 2.32. The maximum atomic E-state index is 11.5. The summed E-state index contributed by atoms with van der Waals surface area (Å²) in [6, 6.07) is -0.592. The minimum absolute atomic E-state index is 0.305. The lowest BCUT2D eigenvalue weighted by Gasteiger charge is -2.19. The van der Waals surface area contributed by atoms with Gasteiger partial charge in [0.2, 0.25) is 0 Å². The Kier molecular flexibility index (Phi) is 9.01. The fourth-order valence-corrected chi connectivity index (χ4v) is 1.47. The number of carbonyl (C=O) groups excluding carboxylic acids is 2. The van der Waals surface area contributed by atoms with Crippen LogP contribution in [0.4, 0.5) is 4.79 Å². The molecule has 6 nitrogen and oxygen atoms in total. The van der Waals surface area contributed by atoms with Gasteiger partial charge in [0.05, 0.1) is 6.61 Å². The van der Waals surface area contributed by atoms with Crippen LogP contribution < -0.4 is 11.1 Å². The van der Waals surface area contributed by atoms with Crippen molar-refractivity contribution in [3.05, 3.63) is 0 Å². The Morgan fingerprint density at radius 3 is 2.33 bits per heavy atom. The van der Waals surface area contributed by atoms with Gasteiger partial charge in [-0.1, -0.05) is 13.8 Å². The molecule has 124 valence electrons. The topological polar surface area (TPSA) is 90.6 Å². The van der Waals surface area contributed by atoms with Crippen molar-refractivity contribution < 1.29 is 19.1 Å². The van der Waals surface area contributed by atoms with E-state index in [9.17, 15) is 9.59 Å². The van der Waals surface area contributed by atoms with Gasteiger partial charge in [-0.2, -0.15) is 0 Å². The minimum atomic E-state index is -0.592. The average molecular weight is 302 g/mol. The predicted molar refractivity (Wildman–Crippen MR) is 81.9 cm³/mol. The molecule has 0 spiro atoms. The molecule has 0 heterocycles. The Labute approximate surface area is 127 Å². The molecule has 0 aromatic carbocycles. The lowest BCUT2D eigenvalue weighted by molar-refractivity contribution is -0.146. The maximum Gasteiger partial charge on any atom is 0.407 e. The van der Waals surface area contributed by atoms with E-state index in [1.165, 1.54) is 0 Å². The van der Waals surface area contributed by atoms with E-state index < -0.39 is 17.7 Å². The maximum absolute atomic E-state index is 11.5. The zero-order chi connectivity index (χ0) is 16.5. The SMILES string of the molecule is CC(C)COC(=O)[C@@H](N)CCCCNC(=O)OC(C)(C)C. The van der Waals surface area contributed by atoms with Crippen molar-refractivity contribution in [2.45, 2.75) is 65.5 Å². The molecular weight excluding hydrogens is 272 g/mol. The summed E-state index contributed by atoms with van der Waals surface area (Å²) in [5.74, 6) is -0.0528. The smallest absolute Gasteiger partial charge is 0.407 e. The molecule has 0 rings (SSSR count). The molecule has 0 aromatic heterocycles. The Morgan fingerprint density at radius 1 is 1.19 bits per heavy atom. The fraction of sp³-hybridized carbons (Fsp3) is 0.867. The molecule has 6 heteroatoms. The number of rotatable bonds is 8. The zero-order valence-electron chi connectivity index (χ0n) is 13.9. The molecule has 0 unspecified atom stereocenters. The van der Waals surface area contributed by atoms with Crippen molar-refractivity contribution in [2.24, 2.45) is 11.7 Å². The third-order valence-corrected chi connectivity index (χ3v) is 2.47. The first-order valence-electron chi connectivity index (χ1n) is 7.51. The molecule has 0 saturated heterocycles. The van der Waals surface area contributed by atoms with Crippen LogP contribution in [0.3, 0.4) is 0 Å². The van der Waals surface area contributed by atoms with E-state index in [4.69, 9.17) is 15.2 Å². The van der Waals surface area contributed by atoms with Crippen LogP contribution in [-0.4, -0.2) is 36.9 Å². The van der Waals surface area contributed by atoms with Crippen molar-refractivity contribution in [1.82, 2.24) is 5.32 Å². The first-order valence-corrected chi connectivity index (χ1v) is 7.51. The van der Waals surface area contributed by atoms with Gasteiger partial charge in [-0.05, 0) is 46.0 Å². The van der Waals surface area contributed by atoms with Gasteiger partial charge in [0, 0.05) is 6.54 Å². The molecule has 0 aliphatic rings. The van der Waals surface area contributed by atoms with E-state index >= 15 is 0 Å². The van der Waals surface area contributed by atoms with Crippen LogP contribution in [0.25, 0.3) is 0 Å². The van der Waals surface area contributed by atoms with E-state index in [-0.39, 0.29) is 5.97 Å². The third kappa shape index (κ3) is 12.2. The number of hydrogen-bond donors (Lipinski definition) is 2. The molecule has 3 N–H and O–H groups in total. The number of nitrogens with one attached hydrogen (secondary N) is 1. The third-order valence-electron chi connectivity index (χ3n) is 2.47. The van der Waals surface area contributed by atoms with E-state index in [0.717, 1.165) is 12.8 Å². The first kappa shape index (κ1) is 19.7. The molecule has 0 bridgehead atoms. The molecule has 0 aliphatic carbocycles. The number of nitrogens with two attached hydrogens (primary N) is 1. The summed E-state index contributed by atoms with van der Waals surface area (Å²) < 4.78 is 10.2. The van der Waals surface area contributed by atoms with Gasteiger partial charge in [0.1, 0.15) is 11.6 Å². The normalized spacial score (nSPS) is 12.9. The number of ether oxygens (including phenoxy) is 2.